The van der Waals surface area contributed by atoms with Crippen LogP contribution in [0.5, 0.6) is 0 Å². The van der Waals surface area contributed by atoms with Crippen LogP contribution in [-0.2, 0) is 16.1 Å². The van der Waals surface area contributed by atoms with Crippen molar-refractivity contribution in [3.05, 3.63) is 35.9 Å². The highest BCUT2D eigenvalue weighted by molar-refractivity contribution is 5.69. The van der Waals surface area contributed by atoms with Crippen molar-refractivity contribution in [2.75, 3.05) is 19.7 Å². The van der Waals surface area contributed by atoms with E-state index in [9.17, 15) is 4.79 Å². The molecule has 1 aromatic carbocycles. The van der Waals surface area contributed by atoms with Gasteiger partial charge in [0.25, 0.3) is 0 Å². The van der Waals surface area contributed by atoms with Crippen LogP contribution in [-0.4, -0.2) is 30.8 Å². The van der Waals surface area contributed by atoms with E-state index < -0.39 is 5.97 Å². The first-order valence-electron chi connectivity index (χ1n) is 6.74. The van der Waals surface area contributed by atoms with Gasteiger partial charge < -0.3 is 15.2 Å². The summed E-state index contributed by atoms with van der Waals surface area (Å²) >= 11 is 0. The molecule has 0 radical (unpaired) electrons. The van der Waals surface area contributed by atoms with Crippen LogP contribution in [0.4, 0.5) is 0 Å². The summed E-state index contributed by atoms with van der Waals surface area (Å²) in [6.07, 6.45) is 3.36. The fourth-order valence-electron chi connectivity index (χ4n) is 2.18. The minimum Gasteiger partial charge on any atom is -0.480 e. The van der Waals surface area contributed by atoms with Crippen molar-refractivity contribution in [1.82, 2.24) is 5.32 Å². The van der Waals surface area contributed by atoms with E-state index in [1.165, 1.54) is 18.4 Å². The van der Waals surface area contributed by atoms with E-state index >= 15 is 0 Å². The van der Waals surface area contributed by atoms with Crippen LogP contribution in [0.25, 0.3) is 0 Å². The van der Waals surface area contributed by atoms with Crippen LogP contribution >= 0.6 is 0 Å². The maximum atomic E-state index is 10.4. The first-order chi connectivity index (χ1) is 9.20. The smallest absolute Gasteiger partial charge is 0.317 e. The highest BCUT2D eigenvalue weighted by atomic mass is 16.5. The second-order valence-electron chi connectivity index (χ2n) is 5.29. The van der Waals surface area contributed by atoms with Crippen LogP contribution in [0, 0.1) is 5.41 Å². The van der Waals surface area contributed by atoms with Gasteiger partial charge in [0, 0.05) is 13.2 Å². The van der Waals surface area contributed by atoms with Crippen LogP contribution in [0.3, 0.4) is 0 Å². The number of benzene rings is 1. The van der Waals surface area contributed by atoms with Crippen molar-refractivity contribution in [2.45, 2.75) is 25.9 Å². The highest BCUT2D eigenvalue weighted by Gasteiger charge is 2.41. The molecule has 0 aromatic heterocycles. The largest absolute Gasteiger partial charge is 0.480 e. The van der Waals surface area contributed by atoms with Gasteiger partial charge in [-0.25, -0.2) is 0 Å². The number of rotatable bonds is 9. The maximum absolute atomic E-state index is 10.4. The summed E-state index contributed by atoms with van der Waals surface area (Å²) < 4.78 is 5.68. The van der Waals surface area contributed by atoms with Crippen molar-refractivity contribution in [1.29, 1.82) is 0 Å². The van der Waals surface area contributed by atoms with E-state index in [1.54, 1.807) is 0 Å². The Balaban J connectivity index is 1.59. The van der Waals surface area contributed by atoms with Gasteiger partial charge in [-0.3, -0.25) is 4.79 Å². The third-order valence-electron chi connectivity index (χ3n) is 3.62. The van der Waals surface area contributed by atoms with Crippen LogP contribution in [0.15, 0.2) is 30.3 Å². The summed E-state index contributed by atoms with van der Waals surface area (Å²) in [5.74, 6) is -0.795. The van der Waals surface area contributed by atoms with E-state index in [-0.39, 0.29) is 12.0 Å². The molecule has 4 heteroatoms. The average molecular weight is 263 g/mol. The Morgan fingerprint density at radius 3 is 2.68 bits per heavy atom. The Hall–Kier alpha value is -1.39. The summed E-state index contributed by atoms with van der Waals surface area (Å²) in [6.45, 7) is 2.23. The summed E-state index contributed by atoms with van der Waals surface area (Å²) in [7, 11) is 0. The molecule has 1 saturated carbocycles. The number of hydrogen-bond donors (Lipinski definition) is 2. The molecular weight excluding hydrogens is 242 g/mol. The minimum atomic E-state index is -0.795. The molecule has 2 N–H and O–H groups in total. The normalized spacial score (nSPS) is 16.2. The van der Waals surface area contributed by atoms with Gasteiger partial charge in [0.05, 0.1) is 13.2 Å². The van der Waals surface area contributed by atoms with Crippen molar-refractivity contribution >= 4 is 5.97 Å². The second kappa shape index (κ2) is 6.68. The Morgan fingerprint density at radius 1 is 1.32 bits per heavy atom. The van der Waals surface area contributed by atoms with Crippen molar-refractivity contribution < 1.29 is 14.6 Å². The topological polar surface area (TPSA) is 58.6 Å². The first-order valence-corrected chi connectivity index (χ1v) is 6.74. The molecule has 4 nitrogen and oxygen atoms in total. The van der Waals surface area contributed by atoms with Gasteiger partial charge >= 0.3 is 5.97 Å². The van der Waals surface area contributed by atoms with Crippen LogP contribution in [0.1, 0.15) is 24.8 Å². The average Bonchev–Trinajstić information content (AvgIpc) is 3.16. The Morgan fingerprint density at radius 2 is 2.05 bits per heavy atom. The quantitative estimate of drug-likeness (QED) is 0.669. The molecule has 0 heterocycles. The molecule has 19 heavy (non-hydrogen) atoms. The van der Waals surface area contributed by atoms with Gasteiger partial charge in [-0.15, -0.1) is 0 Å². The summed E-state index contributed by atoms with van der Waals surface area (Å²) in [4.78, 5) is 10.4. The van der Waals surface area contributed by atoms with Gasteiger partial charge in [-0.05, 0) is 30.2 Å². The lowest BCUT2D eigenvalue weighted by molar-refractivity contribution is -0.136. The van der Waals surface area contributed by atoms with Crippen molar-refractivity contribution in [2.24, 2.45) is 5.41 Å². The predicted molar refractivity (Wildman–Crippen MR) is 72.9 cm³/mol. The van der Waals surface area contributed by atoms with Gasteiger partial charge in [0.2, 0.25) is 0 Å². The molecule has 104 valence electrons. The molecule has 2 rings (SSSR count). The zero-order valence-corrected chi connectivity index (χ0v) is 11.1. The molecular formula is C15H21NO3. The fourth-order valence-corrected chi connectivity index (χ4v) is 2.18. The van der Waals surface area contributed by atoms with E-state index in [4.69, 9.17) is 9.84 Å². The van der Waals surface area contributed by atoms with E-state index in [0.29, 0.717) is 6.61 Å². The molecule has 0 unspecified atom stereocenters. The molecule has 0 bridgehead atoms. The zero-order chi connectivity index (χ0) is 13.6. The zero-order valence-electron chi connectivity index (χ0n) is 11.1. The molecule has 0 atom stereocenters. The third-order valence-corrected chi connectivity index (χ3v) is 3.62. The summed E-state index contributed by atoms with van der Waals surface area (Å²) in [5, 5.41) is 11.6. The predicted octanol–water partition coefficient (Wildman–Crippen LogP) is 2.05. The molecule has 1 aliphatic carbocycles. The number of nitrogens with one attached hydrogen (secondary N) is 1. The maximum Gasteiger partial charge on any atom is 0.317 e. The molecule has 0 saturated heterocycles. The monoisotopic (exact) mass is 263 g/mol. The Labute approximate surface area is 113 Å². The van der Waals surface area contributed by atoms with Crippen molar-refractivity contribution in [3.8, 4) is 0 Å². The number of carbonyl (C=O) groups is 1. The van der Waals surface area contributed by atoms with Crippen molar-refractivity contribution in [3.63, 3.8) is 0 Å². The summed E-state index contributed by atoms with van der Waals surface area (Å²) in [5.41, 5.74) is 1.47. The summed E-state index contributed by atoms with van der Waals surface area (Å²) in [6, 6.07) is 10.1. The van der Waals surface area contributed by atoms with Gasteiger partial charge in [0.15, 0.2) is 0 Å². The molecule has 0 amide bonds. The number of aliphatic carboxylic acids is 1. The minimum absolute atomic E-state index is 0.0482. The lowest BCUT2D eigenvalue weighted by Gasteiger charge is -2.15. The number of carboxylic acids is 1. The SMILES string of the molecule is O=C(O)CNCC1(CCOCc2ccccc2)CC1. The van der Waals surface area contributed by atoms with Gasteiger partial charge in [-0.2, -0.15) is 0 Å². The van der Waals surface area contributed by atoms with Gasteiger partial charge in [0.1, 0.15) is 0 Å². The standard InChI is InChI=1S/C15H21NO3/c17-14(18)10-16-12-15(6-7-15)8-9-19-11-13-4-2-1-3-5-13/h1-5,16H,6-12H2,(H,17,18). The molecule has 1 fully saturated rings. The Kier molecular flexibility index (Phi) is 4.93. The highest BCUT2D eigenvalue weighted by Crippen LogP contribution is 2.48. The van der Waals surface area contributed by atoms with Crippen LogP contribution < -0.4 is 5.32 Å². The van der Waals surface area contributed by atoms with Crippen LogP contribution in [0.2, 0.25) is 0 Å². The van der Waals surface area contributed by atoms with E-state index in [0.717, 1.165) is 19.6 Å². The second-order valence-corrected chi connectivity index (χ2v) is 5.29. The first kappa shape index (κ1) is 14.0. The third kappa shape index (κ3) is 5.01. The lowest BCUT2D eigenvalue weighted by atomic mass is 10.0. The molecule has 1 aromatic rings. The Bertz CT molecular complexity index is 401. The van der Waals surface area contributed by atoms with E-state index in [2.05, 4.69) is 17.4 Å². The lowest BCUT2D eigenvalue weighted by Crippen LogP contribution is -2.29. The fraction of sp³-hybridized carbons (Fsp3) is 0.533. The van der Waals surface area contributed by atoms with E-state index in [1.807, 2.05) is 18.2 Å². The number of ether oxygens (including phenoxy) is 1. The number of hydrogen-bond acceptors (Lipinski definition) is 3. The molecule has 0 spiro atoms. The number of carboxylic acid groups (broad SMARTS) is 1. The molecule has 0 aliphatic heterocycles. The van der Waals surface area contributed by atoms with Gasteiger partial charge in [-0.1, -0.05) is 30.3 Å². The molecule has 1 aliphatic rings.